The largest absolute Gasteiger partial charge is 0.393 e. The van der Waals surface area contributed by atoms with Crippen LogP contribution in [0, 0.1) is 39.3 Å². The standard InChI is InChI=1S/C38H43ClFNO3/c1-34-13-10-26(42)19-36(34)16-17-38(28(20-36)31(43)18-27-29(39)8-5-9-30(27)40)32(34)11-14-35(2)33(38)12-15-37(35,44)23-41-21-24-6-3-4-7-25(24)22-41/h3-9,16-17,20,26,32-33,42,44H,10-15,18-19,21-23H2,1-2H3. The van der Waals surface area contributed by atoms with E-state index < -0.39 is 28.4 Å². The van der Waals surface area contributed by atoms with Crippen molar-refractivity contribution in [2.45, 2.75) is 90.0 Å². The summed E-state index contributed by atoms with van der Waals surface area (Å²) >= 11 is 6.44. The molecule has 8 unspecified atom stereocenters. The molecule has 2 aromatic rings. The average Bonchev–Trinajstić information content (AvgIpc) is 3.51. The SMILES string of the molecule is CC12CCC(O)CC13C=CC1(C(C(=O)Cc4c(F)cccc4Cl)=C3)C2CCC2(C)C1CCC2(O)CN1Cc2ccccc2C1. The van der Waals surface area contributed by atoms with E-state index in [-0.39, 0.29) is 45.5 Å². The predicted molar refractivity (Wildman–Crippen MR) is 169 cm³/mol. The van der Waals surface area contributed by atoms with Gasteiger partial charge in [-0.2, -0.15) is 0 Å². The number of carbonyl (C=O) groups is 1. The molecule has 2 spiro atoms. The van der Waals surface area contributed by atoms with Crippen LogP contribution in [0.25, 0.3) is 0 Å². The molecule has 0 amide bonds. The molecule has 7 aliphatic rings. The number of Topliss-reactive ketones (excluding diaryl/α,β-unsaturated/α-hetero) is 1. The van der Waals surface area contributed by atoms with E-state index in [1.165, 1.54) is 17.2 Å². The van der Waals surface area contributed by atoms with Gasteiger partial charge in [0, 0.05) is 58.5 Å². The zero-order valence-corrected chi connectivity index (χ0v) is 26.5. The van der Waals surface area contributed by atoms with Crippen LogP contribution in [0.1, 0.15) is 75.5 Å². The Hall–Kier alpha value is -2.31. The maximum absolute atomic E-state index is 15.0. The summed E-state index contributed by atoms with van der Waals surface area (Å²) in [6.45, 7) is 6.99. The van der Waals surface area contributed by atoms with E-state index in [9.17, 15) is 15.0 Å². The summed E-state index contributed by atoms with van der Waals surface area (Å²) in [7, 11) is 0. The molecule has 6 heteroatoms. The van der Waals surface area contributed by atoms with E-state index >= 15 is 4.39 Å². The summed E-state index contributed by atoms with van der Waals surface area (Å²) < 4.78 is 15.0. The normalized spacial score (nSPS) is 42.0. The van der Waals surface area contributed by atoms with Crippen LogP contribution in [0.5, 0.6) is 0 Å². The summed E-state index contributed by atoms with van der Waals surface area (Å²) in [4.78, 5) is 17.0. The molecule has 44 heavy (non-hydrogen) atoms. The van der Waals surface area contributed by atoms with Crippen molar-refractivity contribution in [2.24, 2.45) is 33.5 Å². The van der Waals surface area contributed by atoms with E-state index in [1.54, 1.807) is 12.1 Å². The number of rotatable bonds is 5. The molecule has 2 N–H and O–H groups in total. The first kappa shape index (κ1) is 29.1. The highest BCUT2D eigenvalue weighted by molar-refractivity contribution is 6.31. The molecule has 9 rings (SSSR count). The summed E-state index contributed by atoms with van der Waals surface area (Å²) in [5, 5.41) is 23.9. The second kappa shape index (κ2) is 9.61. The molecule has 3 fully saturated rings. The van der Waals surface area contributed by atoms with Crippen LogP contribution in [0.4, 0.5) is 4.39 Å². The fourth-order valence-electron chi connectivity index (χ4n) is 11.5. The van der Waals surface area contributed by atoms with Crippen LogP contribution >= 0.6 is 11.6 Å². The van der Waals surface area contributed by atoms with Crippen LogP contribution in [0.15, 0.2) is 66.3 Å². The second-order valence-electron chi connectivity index (χ2n) is 15.5. The van der Waals surface area contributed by atoms with Gasteiger partial charge in [-0.1, -0.05) is 74.0 Å². The molecule has 232 valence electrons. The summed E-state index contributed by atoms with van der Waals surface area (Å²) in [5.74, 6) is -0.247. The quantitative estimate of drug-likeness (QED) is 0.349. The Bertz CT molecular complexity index is 1580. The fraction of sp³-hybridized carbons (Fsp3) is 0.553. The number of hydrogen-bond donors (Lipinski definition) is 2. The number of aliphatic hydroxyl groups excluding tert-OH is 1. The first-order chi connectivity index (χ1) is 20.9. The van der Waals surface area contributed by atoms with Gasteiger partial charge < -0.3 is 10.2 Å². The van der Waals surface area contributed by atoms with Gasteiger partial charge in [0.1, 0.15) is 5.82 Å². The number of nitrogens with zero attached hydrogens (tertiary/aromatic N) is 1. The van der Waals surface area contributed by atoms with Crippen LogP contribution in [0.3, 0.4) is 0 Å². The van der Waals surface area contributed by atoms with Crippen molar-refractivity contribution in [3.8, 4) is 0 Å². The highest BCUT2D eigenvalue weighted by atomic mass is 35.5. The van der Waals surface area contributed by atoms with Crippen molar-refractivity contribution >= 4 is 17.4 Å². The Morgan fingerprint density at radius 3 is 2.36 bits per heavy atom. The Morgan fingerprint density at radius 1 is 0.955 bits per heavy atom. The van der Waals surface area contributed by atoms with Gasteiger partial charge in [0.25, 0.3) is 0 Å². The second-order valence-corrected chi connectivity index (χ2v) is 15.9. The first-order valence-corrected chi connectivity index (χ1v) is 16.9. The number of fused-ring (bicyclic) bond motifs is 2. The fourth-order valence-corrected chi connectivity index (χ4v) is 11.7. The van der Waals surface area contributed by atoms with Crippen LogP contribution < -0.4 is 0 Å². The zero-order valence-electron chi connectivity index (χ0n) is 25.8. The Kier molecular flexibility index (Phi) is 6.36. The van der Waals surface area contributed by atoms with Crippen molar-refractivity contribution in [3.63, 3.8) is 0 Å². The number of ketones is 1. The zero-order chi connectivity index (χ0) is 30.7. The highest BCUT2D eigenvalue weighted by Gasteiger charge is 2.74. The molecule has 8 atom stereocenters. The lowest BCUT2D eigenvalue weighted by molar-refractivity contribution is -0.179. The van der Waals surface area contributed by atoms with Crippen LogP contribution in [0.2, 0.25) is 5.02 Å². The number of benzene rings is 2. The van der Waals surface area contributed by atoms with E-state index in [2.05, 4.69) is 61.2 Å². The third-order valence-electron chi connectivity index (χ3n) is 13.8. The van der Waals surface area contributed by atoms with Gasteiger partial charge in [-0.25, -0.2) is 4.39 Å². The predicted octanol–water partition coefficient (Wildman–Crippen LogP) is 7.20. The molecule has 3 saturated carbocycles. The van der Waals surface area contributed by atoms with Crippen molar-refractivity contribution in [1.29, 1.82) is 0 Å². The van der Waals surface area contributed by atoms with Gasteiger partial charge in [-0.3, -0.25) is 9.69 Å². The van der Waals surface area contributed by atoms with E-state index in [0.29, 0.717) is 19.4 Å². The molecule has 0 radical (unpaired) electrons. The number of hydrogen-bond acceptors (Lipinski definition) is 4. The van der Waals surface area contributed by atoms with Gasteiger partial charge in [0.15, 0.2) is 5.78 Å². The van der Waals surface area contributed by atoms with E-state index in [0.717, 1.165) is 50.8 Å². The Labute approximate surface area is 265 Å². The number of carbonyl (C=O) groups excluding carboxylic acids is 1. The molecular weight excluding hydrogens is 573 g/mol. The lowest BCUT2D eigenvalue weighted by atomic mass is 9.32. The minimum atomic E-state index is -0.883. The van der Waals surface area contributed by atoms with Crippen molar-refractivity contribution in [1.82, 2.24) is 4.90 Å². The summed E-state index contributed by atoms with van der Waals surface area (Å²) in [5.41, 5.74) is 1.37. The summed E-state index contributed by atoms with van der Waals surface area (Å²) in [6, 6.07) is 13.2. The Balaban J connectivity index is 1.21. The lowest BCUT2D eigenvalue weighted by Crippen LogP contribution is -2.67. The van der Waals surface area contributed by atoms with Crippen LogP contribution in [-0.2, 0) is 24.3 Å². The molecule has 2 bridgehead atoms. The monoisotopic (exact) mass is 615 g/mol. The van der Waals surface area contributed by atoms with Crippen molar-refractivity contribution in [3.05, 3.63) is 93.8 Å². The number of β-amino-alcohol motifs (C(OH)–C–C–N with tert-alkyl or cyclic N) is 1. The lowest BCUT2D eigenvalue weighted by Gasteiger charge is -2.71. The van der Waals surface area contributed by atoms with Gasteiger partial charge >= 0.3 is 0 Å². The smallest absolute Gasteiger partial charge is 0.164 e. The maximum atomic E-state index is 15.0. The van der Waals surface area contributed by atoms with Gasteiger partial charge in [-0.15, -0.1) is 0 Å². The molecular formula is C38H43ClFNO3. The number of aliphatic hydroxyl groups is 2. The topological polar surface area (TPSA) is 60.8 Å². The molecule has 1 aliphatic heterocycles. The molecule has 1 heterocycles. The molecule has 0 saturated heterocycles. The minimum Gasteiger partial charge on any atom is -0.393 e. The van der Waals surface area contributed by atoms with Gasteiger partial charge in [0.2, 0.25) is 0 Å². The van der Waals surface area contributed by atoms with Gasteiger partial charge in [0.05, 0.1) is 11.7 Å². The third-order valence-corrected chi connectivity index (χ3v) is 14.2. The van der Waals surface area contributed by atoms with Crippen LogP contribution in [-0.4, -0.2) is 39.1 Å². The van der Waals surface area contributed by atoms with Gasteiger partial charge in [-0.05, 0) is 85.5 Å². The average molecular weight is 616 g/mol. The molecule has 2 aromatic carbocycles. The number of allylic oxidation sites excluding steroid dienone is 4. The highest BCUT2D eigenvalue weighted by Crippen LogP contribution is 2.78. The number of halogens is 2. The first-order valence-electron chi connectivity index (χ1n) is 16.5. The van der Waals surface area contributed by atoms with Crippen molar-refractivity contribution < 1.29 is 19.4 Å². The third kappa shape index (κ3) is 3.70. The summed E-state index contributed by atoms with van der Waals surface area (Å²) in [6.07, 6.45) is 12.0. The molecule has 0 aromatic heterocycles. The maximum Gasteiger partial charge on any atom is 0.164 e. The molecule has 6 aliphatic carbocycles. The minimum absolute atomic E-state index is 0.0771. The Morgan fingerprint density at radius 2 is 1.64 bits per heavy atom. The van der Waals surface area contributed by atoms with E-state index in [1.807, 2.05) is 0 Å². The van der Waals surface area contributed by atoms with E-state index in [4.69, 9.17) is 11.6 Å². The molecule has 4 nitrogen and oxygen atoms in total. The van der Waals surface area contributed by atoms with Crippen molar-refractivity contribution in [2.75, 3.05) is 6.54 Å².